The van der Waals surface area contributed by atoms with E-state index in [0.717, 1.165) is 21.9 Å². The maximum Gasteiger partial charge on any atom is 0.195 e. The maximum atomic E-state index is 4.44. The average Bonchev–Trinajstić information content (AvgIpc) is 2.83. The topological polar surface area (TPSA) is 30.7 Å². The van der Waals surface area contributed by atoms with E-state index in [9.17, 15) is 0 Å². The minimum absolute atomic E-state index is 0.973. The number of hydrogen-bond donors (Lipinski definition) is 0. The molecule has 0 aliphatic rings. The SMILES string of the molecule is Cc1csc(-n2cnc3ccccc32)n1. The summed E-state index contributed by atoms with van der Waals surface area (Å²) in [6.07, 6.45) is 1.82. The molecule has 0 unspecified atom stereocenters. The van der Waals surface area contributed by atoms with Gasteiger partial charge < -0.3 is 0 Å². The Balaban J connectivity index is 2.27. The molecule has 1 aromatic carbocycles. The van der Waals surface area contributed by atoms with Crippen molar-refractivity contribution in [3.63, 3.8) is 0 Å². The summed E-state index contributed by atoms with van der Waals surface area (Å²) < 4.78 is 2.02. The van der Waals surface area contributed by atoms with Crippen molar-refractivity contribution in [2.45, 2.75) is 6.92 Å². The van der Waals surface area contributed by atoms with E-state index < -0.39 is 0 Å². The lowest BCUT2D eigenvalue weighted by molar-refractivity contribution is 1.05. The Labute approximate surface area is 91.0 Å². The molecule has 0 spiro atoms. The Morgan fingerprint density at radius 3 is 2.93 bits per heavy atom. The van der Waals surface area contributed by atoms with Crippen LogP contribution in [-0.4, -0.2) is 14.5 Å². The number of fused-ring (bicyclic) bond motifs is 1. The normalized spacial score (nSPS) is 11.0. The summed E-state index contributed by atoms with van der Waals surface area (Å²) in [4.78, 5) is 8.78. The highest BCUT2D eigenvalue weighted by atomic mass is 32.1. The van der Waals surface area contributed by atoms with E-state index >= 15 is 0 Å². The molecule has 3 aromatic rings. The van der Waals surface area contributed by atoms with Crippen molar-refractivity contribution < 1.29 is 0 Å². The Morgan fingerprint density at radius 1 is 1.27 bits per heavy atom. The van der Waals surface area contributed by atoms with Crippen LogP contribution >= 0.6 is 11.3 Å². The molecule has 0 aliphatic carbocycles. The molecule has 74 valence electrons. The van der Waals surface area contributed by atoms with Crippen molar-refractivity contribution in [2.24, 2.45) is 0 Å². The zero-order valence-corrected chi connectivity index (χ0v) is 9.03. The Hall–Kier alpha value is -1.68. The van der Waals surface area contributed by atoms with Crippen molar-refractivity contribution >= 4 is 22.4 Å². The van der Waals surface area contributed by atoms with Crippen LogP contribution in [0.3, 0.4) is 0 Å². The number of hydrogen-bond acceptors (Lipinski definition) is 3. The first kappa shape index (κ1) is 8.61. The molecule has 4 heteroatoms. The van der Waals surface area contributed by atoms with Gasteiger partial charge in [0.25, 0.3) is 0 Å². The van der Waals surface area contributed by atoms with E-state index in [1.54, 1.807) is 11.3 Å². The fourth-order valence-corrected chi connectivity index (χ4v) is 2.35. The molecule has 0 aliphatic heterocycles. The minimum atomic E-state index is 0.973. The molecular weight excluding hydrogens is 206 g/mol. The van der Waals surface area contributed by atoms with Gasteiger partial charge in [-0.3, -0.25) is 4.57 Å². The lowest BCUT2D eigenvalue weighted by Gasteiger charge is -1.97. The van der Waals surface area contributed by atoms with Gasteiger partial charge in [0.15, 0.2) is 5.13 Å². The number of nitrogens with zero attached hydrogens (tertiary/aromatic N) is 3. The van der Waals surface area contributed by atoms with Gasteiger partial charge in [-0.1, -0.05) is 12.1 Å². The van der Waals surface area contributed by atoms with Crippen molar-refractivity contribution in [1.82, 2.24) is 14.5 Å². The molecule has 3 nitrogen and oxygen atoms in total. The van der Waals surface area contributed by atoms with E-state index in [0.29, 0.717) is 0 Å². The van der Waals surface area contributed by atoms with Gasteiger partial charge >= 0.3 is 0 Å². The molecular formula is C11H9N3S. The van der Waals surface area contributed by atoms with Crippen molar-refractivity contribution in [3.05, 3.63) is 41.7 Å². The van der Waals surface area contributed by atoms with Gasteiger partial charge in [0.2, 0.25) is 0 Å². The third-order valence-electron chi connectivity index (χ3n) is 2.27. The molecule has 0 saturated heterocycles. The zero-order chi connectivity index (χ0) is 10.3. The summed E-state index contributed by atoms with van der Waals surface area (Å²) in [6.45, 7) is 2.00. The highest BCUT2D eigenvalue weighted by Crippen LogP contribution is 2.20. The number of thiazole rings is 1. The molecule has 0 atom stereocenters. The van der Waals surface area contributed by atoms with Crippen molar-refractivity contribution in [1.29, 1.82) is 0 Å². The Kier molecular flexibility index (Phi) is 1.82. The van der Waals surface area contributed by atoms with Crippen LogP contribution in [0.4, 0.5) is 0 Å². The van der Waals surface area contributed by atoms with Crippen LogP contribution in [0.2, 0.25) is 0 Å². The van der Waals surface area contributed by atoms with E-state index in [1.165, 1.54) is 0 Å². The van der Waals surface area contributed by atoms with Crippen LogP contribution in [-0.2, 0) is 0 Å². The molecule has 0 saturated carbocycles. The van der Waals surface area contributed by atoms with Gasteiger partial charge in [0, 0.05) is 5.38 Å². The summed E-state index contributed by atoms with van der Waals surface area (Å²) in [5, 5.41) is 3.02. The maximum absolute atomic E-state index is 4.44. The minimum Gasteiger partial charge on any atom is -0.274 e. The Bertz CT molecular complexity index is 609. The third kappa shape index (κ3) is 1.34. The first-order valence-corrected chi connectivity index (χ1v) is 5.57. The Morgan fingerprint density at radius 2 is 2.13 bits per heavy atom. The van der Waals surface area contributed by atoms with E-state index in [-0.39, 0.29) is 0 Å². The van der Waals surface area contributed by atoms with Gasteiger partial charge in [0.05, 0.1) is 16.7 Å². The van der Waals surface area contributed by atoms with Crippen LogP contribution in [0.25, 0.3) is 16.2 Å². The van der Waals surface area contributed by atoms with E-state index in [4.69, 9.17) is 0 Å². The summed E-state index contributed by atoms with van der Waals surface area (Å²) >= 11 is 1.63. The number of imidazole rings is 1. The predicted molar refractivity (Wildman–Crippen MR) is 61.5 cm³/mol. The molecule has 0 radical (unpaired) electrons. The van der Waals surface area contributed by atoms with E-state index in [1.807, 2.05) is 41.4 Å². The van der Waals surface area contributed by atoms with E-state index in [2.05, 4.69) is 16.0 Å². The zero-order valence-electron chi connectivity index (χ0n) is 8.21. The lowest BCUT2D eigenvalue weighted by Crippen LogP contribution is -1.90. The fraction of sp³-hybridized carbons (Fsp3) is 0.0909. The molecule has 3 rings (SSSR count). The highest BCUT2D eigenvalue weighted by molar-refractivity contribution is 7.12. The second-order valence-corrected chi connectivity index (χ2v) is 4.21. The van der Waals surface area contributed by atoms with Crippen molar-refractivity contribution in [3.8, 4) is 5.13 Å². The highest BCUT2D eigenvalue weighted by Gasteiger charge is 2.05. The standard InChI is InChI=1S/C11H9N3S/c1-8-6-15-11(13-8)14-7-12-9-4-2-3-5-10(9)14/h2-7H,1H3. The molecule has 2 heterocycles. The molecule has 0 N–H and O–H groups in total. The first-order valence-electron chi connectivity index (χ1n) is 4.69. The van der Waals surface area contributed by atoms with Crippen LogP contribution in [0, 0.1) is 6.92 Å². The van der Waals surface area contributed by atoms with Gasteiger partial charge in [-0.05, 0) is 19.1 Å². The van der Waals surface area contributed by atoms with Gasteiger partial charge in [-0.2, -0.15) is 0 Å². The second kappa shape index (κ2) is 3.17. The second-order valence-electron chi connectivity index (χ2n) is 3.37. The third-order valence-corrected chi connectivity index (χ3v) is 3.22. The number of aromatic nitrogens is 3. The fourth-order valence-electron chi connectivity index (χ4n) is 1.56. The number of benzene rings is 1. The molecule has 15 heavy (non-hydrogen) atoms. The summed E-state index contributed by atoms with van der Waals surface area (Å²) in [5.41, 5.74) is 3.16. The van der Waals surface area contributed by atoms with Gasteiger partial charge in [-0.15, -0.1) is 11.3 Å². The summed E-state index contributed by atoms with van der Waals surface area (Å²) in [5.74, 6) is 0. The summed E-state index contributed by atoms with van der Waals surface area (Å²) in [6, 6.07) is 8.07. The average molecular weight is 215 g/mol. The quantitative estimate of drug-likeness (QED) is 0.625. The van der Waals surface area contributed by atoms with Crippen LogP contribution < -0.4 is 0 Å². The van der Waals surface area contributed by atoms with Gasteiger partial charge in [-0.25, -0.2) is 9.97 Å². The number of aryl methyl sites for hydroxylation is 1. The number of rotatable bonds is 1. The largest absolute Gasteiger partial charge is 0.274 e. The van der Waals surface area contributed by atoms with Crippen molar-refractivity contribution in [2.75, 3.05) is 0 Å². The predicted octanol–water partition coefficient (Wildman–Crippen LogP) is 2.79. The summed E-state index contributed by atoms with van der Waals surface area (Å²) in [7, 11) is 0. The molecule has 0 bridgehead atoms. The van der Waals surface area contributed by atoms with Gasteiger partial charge in [0.1, 0.15) is 6.33 Å². The van der Waals surface area contributed by atoms with Crippen LogP contribution in [0.15, 0.2) is 36.0 Å². The molecule has 0 amide bonds. The molecule has 0 fully saturated rings. The molecule has 2 aromatic heterocycles. The number of para-hydroxylation sites is 2. The van der Waals surface area contributed by atoms with Crippen LogP contribution in [0.1, 0.15) is 5.69 Å². The van der Waals surface area contributed by atoms with Crippen LogP contribution in [0.5, 0.6) is 0 Å². The lowest BCUT2D eigenvalue weighted by atomic mass is 10.3. The monoisotopic (exact) mass is 215 g/mol. The smallest absolute Gasteiger partial charge is 0.195 e. The first-order chi connectivity index (χ1) is 7.34.